The van der Waals surface area contributed by atoms with E-state index in [4.69, 9.17) is 4.74 Å². The van der Waals surface area contributed by atoms with Crippen molar-refractivity contribution in [1.29, 1.82) is 0 Å². The van der Waals surface area contributed by atoms with Crippen LogP contribution in [0.4, 0.5) is 5.95 Å². The lowest BCUT2D eigenvalue weighted by Crippen LogP contribution is -2.07. The van der Waals surface area contributed by atoms with Crippen LogP contribution in [0.2, 0.25) is 0 Å². The molecule has 1 aliphatic rings. The molecule has 0 saturated heterocycles. The number of nitrogens with one attached hydrogen (secondary N) is 1. The largest absolute Gasteiger partial charge is 0.493 e. The second-order valence-electron chi connectivity index (χ2n) is 4.81. The molecule has 5 nitrogen and oxygen atoms in total. The van der Waals surface area contributed by atoms with E-state index in [0.717, 1.165) is 40.2 Å². The average Bonchev–Trinajstić information content (AvgIpc) is 2.88. The SMILES string of the molecule is Cc1nnc(NCc2cc(Br)cc3c2OCC3)nc1C. The molecule has 0 atom stereocenters. The molecule has 2 aromatic rings. The highest BCUT2D eigenvalue weighted by Crippen LogP contribution is 2.33. The van der Waals surface area contributed by atoms with E-state index in [0.29, 0.717) is 12.5 Å². The Kier molecular flexibility index (Phi) is 3.56. The summed E-state index contributed by atoms with van der Waals surface area (Å²) >= 11 is 3.54. The van der Waals surface area contributed by atoms with Crippen molar-refractivity contribution in [2.75, 3.05) is 11.9 Å². The Morgan fingerprint density at radius 3 is 2.90 bits per heavy atom. The number of hydrogen-bond acceptors (Lipinski definition) is 5. The van der Waals surface area contributed by atoms with Gasteiger partial charge in [-0.05, 0) is 31.5 Å². The average molecular weight is 335 g/mol. The fraction of sp³-hybridized carbons (Fsp3) is 0.357. The van der Waals surface area contributed by atoms with Crippen molar-refractivity contribution in [3.63, 3.8) is 0 Å². The van der Waals surface area contributed by atoms with Crippen molar-refractivity contribution >= 4 is 21.9 Å². The zero-order valence-corrected chi connectivity index (χ0v) is 13.0. The normalized spacial score (nSPS) is 12.9. The van der Waals surface area contributed by atoms with Crippen molar-refractivity contribution in [1.82, 2.24) is 15.2 Å². The minimum absolute atomic E-state index is 0.542. The molecule has 0 saturated carbocycles. The predicted octanol–water partition coefficient (Wildman–Crippen LogP) is 2.80. The molecule has 0 aliphatic carbocycles. The topological polar surface area (TPSA) is 59.9 Å². The van der Waals surface area contributed by atoms with Gasteiger partial charge < -0.3 is 10.1 Å². The monoisotopic (exact) mass is 334 g/mol. The third-order valence-electron chi connectivity index (χ3n) is 3.35. The number of nitrogens with zero attached hydrogens (tertiary/aromatic N) is 3. The number of rotatable bonds is 3. The molecule has 1 aromatic carbocycles. The summed E-state index contributed by atoms with van der Waals surface area (Å²) in [6.45, 7) is 5.19. The molecular formula is C14H15BrN4O. The van der Waals surface area contributed by atoms with E-state index in [-0.39, 0.29) is 0 Å². The van der Waals surface area contributed by atoms with E-state index in [9.17, 15) is 0 Å². The minimum atomic E-state index is 0.542. The molecule has 0 spiro atoms. The molecule has 20 heavy (non-hydrogen) atoms. The summed E-state index contributed by atoms with van der Waals surface area (Å²) in [6.07, 6.45) is 0.962. The van der Waals surface area contributed by atoms with E-state index >= 15 is 0 Å². The van der Waals surface area contributed by atoms with Crippen molar-refractivity contribution < 1.29 is 4.74 Å². The van der Waals surface area contributed by atoms with Gasteiger partial charge in [-0.1, -0.05) is 15.9 Å². The number of ether oxygens (including phenoxy) is 1. The molecule has 3 rings (SSSR count). The molecule has 0 amide bonds. The molecule has 1 N–H and O–H groups in total. The third-order valence-corrected chi connectivity index (χ3v) is 3.81. The number of halogens is 1. The van der Waals surface area contributed by atoms with Gasteiger partial charge in [0, 0.05) is 23.0 Å². The highest BCUT2D eigenvalue weighted by atomic mass is 79.9. The van der Waals surface area contributed by atoms with Crippen LogP contribution in [0.5, 0.6) is 5.75 Å². The van der Waals surface area contributed by atoms with Crippen molar-refractivity contribution in [2.45, 2.75) is 26.8 Å². The summed E-state index contributed by atoms with van der Waals surface area (Å²) in [5, 5.41) is 11.3. The molecule has 1 aromatic heterocycles. The number of benzene rings is 1. The molecular weight excluding hydrogens is 320 g/mol. The van der Waals surface area contributed by atoms with Gasteiger partial charge in [0.05, 0.1) is 18.0 Å². The van der Waals surface area contributed by atoms with Gasteiger partial charge in [0.15, 0.2) is 0 Å². The standard InChI is InChI=1S/C14H15BrN4O/c1-8-9(2)18-19-14(17-8)16-7-11-6-12(15)5-10-3-4-20-13(10)11/h5-6H,3-4,7H2,1-2H3,(H,16,17,19). The summed E-state index contributed by atoms with van der Waals surface area (Å²) < 4.78 is 6.77. The lowest BCUT2D eigenvalue weighted by Gasteiger charge is -2.10. The summed E-state index contributed by atoms with van der Waals surface area (Å²) in [5.41, 5.74) is 4.09. The van der Waals surface area contributed by atoms with Crippen molar-refractivity contribution in [3.05, 3.63) is 39.1 Å². The molecule has 1 aliphatic heterocycles. The molecule has 0 unspecified atom stereocenters. The molecule has 0 bridgehead atoms. The van der Waals surface area contributed by atoms with Gasteiger partial charge in [0.2, 0.25) is 5.95 Å². The highest BCUT2D eigenvalue weighted by molar-refractivity contribution is 9.10. The summed E-state index contributed by atoms with van der Waals surface area (Å²) in [7, 11) is 0. The first-order valence-corrected chi connectivity index (χ1v) is 7.28. The van der Waals surface area contributed by atoms with E-state index in [1.165, 1.54) is 5.56 Å². The molecule has 6 heteroatoms. The van der Waals surface area contributed by atoms with Gasteiger partial charge in [0.25, 0.3) is 0 Å². The Hall–Kier alpha value is -1.69. The number of hydrogen-bond donors (Lipinski definition) is 1. The summed E-state index contributed by atoms with van der Waals surface area (Å²) in [6, 6.07) is 4.17. The molecule has 0 radical (unpaired) electrons. The maximum atomic E-state index is 5.70. The molecule has 0 fully saturated rings. The van der Waals surface area contributed by atoms with Crippen molar-refractivity contribution in [2.24, 2.45) is 0 Å². The highest BCUT2D eigenvalue weighted by Gasteiger charge is 2.17. The number of anilines is 1. The quantitative estimate of drug-likeness (QED) is 0.935. The maximum Gasteiger partial charge on any atom is 0.243 e. The van der Waals surface area contributed by atoms with Crippen LogP contribution >= 0.6 is 15.9 Å². The summed E-state index contributed by atoms with van der Waals surface area (Å²) in [4.78, 5) is 4.37. The Morgan fingerprint density at radius 1 is 1.25 bits per heavy atom. The first kappa shape index (κ1) is 13.3. The van der Waals surface area contributed by atoms with Crippen LogP contribution in [-0.2, 0) is 13.0 Å². The van der Waals surface area contributed by atoms with Gasteiger partial charge in [0.1, 0.15) is 5.75 Å². The number of aryl methyl sites for hydroxylation is 2. The fourth-order valence-corrected chi connectivity index (χ4v) is 2.74. The number of aromatic nitrogens is 3. The van der Waals surface area contributed by atoms with Crippen LogP contribution < -0.4 is 10.1 Å². The van der Waals surface area contributed by atoms with Crippen LogP contribution in [-0.4, -0.2) is 21.8 Å². The Labute approximate surface area is 125 Å². The van der Waals surface area contributed by atoms with Gasteiger partial charge in [-0.2, -0.15) is 5.10 Å². The lowest BCUT2D eigenvalue weighted by molar-refractivity contribution is 0.354. The summed E-state index contributed by atoms with van der Waals surface area (Å²) in [5.74, 6) is 1.53. The lowest BCUT2D eigenvalue weighted by atomic mass is 10.1. The van der Waals surface area contributed by atoms with Crippen LogP contribution in [0.15, 0.2) is 16.6 Å². The minimum Gasteiger partial charge on any atom is -0.493 e. The van der Waals surface area contributed by atoms with Crippen LogP contribution in [0.25, 0.3) is 0 Å². The predicted molar refractivity (Wildman–Crippen MR) is 80.0 cm³/mol. The Bertz CT molecular complexity index is 660. The van der Waals surface area contributed by atoms with Crippen LogP contribution in [0.1, 0.15) is 22.5 Å². The maximum absolute atomic E-state index is 5.70. The zero-order chi connectivity index (χ0) is 14.1. The molecule has 104 valence electrons. The van der Waals surface area contributed by atoms with Gasteiger partial charge in [-0.25, -0.2) is 4.98 Å². The third kappa shape index (κ3) is 2.60. The zero-order valence-electron chi connectivity index (χ0n) is 11.4. The second kappa shape index (κ2) is 5.36. The van der Waals surface area contributed by atoms with E-state index in [1.807, 2.05) is 13.8 Å². The van der Waals surface area contributed by atoms with E-state index in [1.54, 1.807) is 0 Å². The fourth-order valence-electron chi connectivity index (χ4n) is 2.18. The van der Waals surface area contributed by atoms with E-state index < -0.39 is 0 Å². The van der Waals surface area contributed by atoms with Crippen molar-refractivity contribution in [3.8, 4) is 5.75 Å². The first-order chi connectivity index (χ1) is 9.63. The smallest absolute Gasteiger partial charge is 0.243 e. The van der Waals surface area contributed by atoms with Crippen LogP contribution in [0.3, 0.4) is 0 Å². The first-order valence-electron chi connectivity index (χ1n) is 6.49. The Morgan fingerprint density at radius 2 is 2.10 bits per heavy atom. The van der Waals surface area contributed by atoms with Gasteiger partial charge in [-0.15, -0.1) is 5.10 Å². The van der Waals surface area contributed by atoms with Gasteiger partial charge in [-0.3, -0.25) is 0 Å². The van der Waals surface area contributed by atoms with E-state index in [2.05, 4.69) is 48.6 Å². The van der Waals surface area contributed by atoms with Gasteiger partial charge >= 0.3 is 0 Å². The Balaban J connectivity index is 1.80. The molecule has 2 heterocycles. The second-order valence-corrected chi connectivity index (χ2v) is 5.73. The van der Waals surface area contributed by atoms with Crippen LogP contribution in [0, 0.1) is 13.8 Å². The number of fused-ring (bicyclic) bond motifs is 1.